The second-order valence-corrected chi connectivity index (χ2v) is 2.55. The van der Waals surface area contributed by atoms with E-state index in [0.29, 0.717) is 5.56 Å². The van der Waals surface area contributed by atoms with Gasteiger partial charge in [-0.2, -0.15) is 5.26 Å². The van der Waals surface area contributed by atoms with E-state index in [-0.39, 0.29) is 10.6 Å². The summed E-state index contributed by atoms with van der Waals surface area (Å²) in [5.41, 5.74) is 0.628. The summed E-state index contributed by atoms with van der Waals surface area (Å²) in [6, 6.07) is 4.82. The average Bonchev–Trinajstić information content (AvgIpc) is 2.32. The highest BCUT2D eigenvalue weighted by Gasteiger charge is 2.07. The minimum atomic E-state index is -0.509. The molecule has 1 aromatic carbocycles. The highest BCUT2D eigenvalue weighted by molar-refractivity contribution is 6.31. The van der Waals surface area contributed by atoms with Crippen LogP contribution in [0.2, 0.25) is 5.02 Å². The van der Waals surface area contributed by atoms with Gasteiger partial charge in [0.2, 0.25) is 0 Å². The number of rotatable bonds is 0. The first-order valence-corrected chi connectivity index (χ1v) is 5.39. The summed E-state index contributed by atoms with van der Waals surface area (Å²) in [5.74, 6) is -0.509. The number of halogens is 2. The first kappa shape index (κ1) is 16.4. The van der Waals surface area contributed by atoms with Gasteiger partial charge in [-0.05, 0) is 18.6 Å². The number of benzene rings is 1. The number of hydrogen-bond donors (Lipinski definition) is 0. The predicted octanol–water partition coefficient (Wildman–Crippen LogP) is 4.71. The fraction of sp³-hybridized carbons (Fsp3) is 0.417. The van der Waals surface area contributed by atoms with Crippen molar-refractivity contribution in [1.82, 2.24) is 0 Å². The Kier molecular flexibility index (Phi) is 10.3. The third kappa shape index (κ3) is 4.80. The molecule has 0 radical (unpaired) electrons. The zero-order chi connectivity index (χ0) is 12.4. The minimum Gasteiger partial charge on any atom is -0.205 e. The van der Waals surface area contributed by atoms with Crippen molar-refractivity contribution in [3.8, 4) is 6.07 Å². The van der Waals surface area contributed by atoms with Crippen molar-refractivity contribution in [3.63, 3.8) is 0 Å². The topological polar surface area (TPSA) is 23.8 Å². The number of nitrogens with zero attached hydrogens (tertiary/aromatic N) is 1. The van der Waals surface area contributed by atoms with Crippen molar-refractivity contribution in [1.29, 1.82) is 5.26 Å². The molecule has 0 saturated heterocycles. The van der Waals surface area contributed by atoms with E-state index in [1.54, 1.807) is 13.0 Å². The third-order valence-electron chi connectivity index (χ3n) is 1.40. The van der Waals surface area contributed by atoms with Crippen LogP contribution in [0, 0.1) is 24.1 Å². The molecule has 1 rings (SSSR count). The summed E-state index contributed by atoms with van der Waals surface area (Å²) in [6.45, 7) is 9.60. The van der Waals surface area contributed by atoms with Crippen molar-refractivity contribution in [2.24, 2.45) is 0 Å². The van der Waals surface area contributed by atoms with Crippen LogP contribution in [-0.4, -0.2) is 0 Å². The van der Waals surface area contributed by atoms with Crippen molar-refractivity contribution in [2.75, 3.05) is 0 Å². The first-order chi connectivity index (χ1) is 7.16. The Morgan fingerprint density at radius 3 is 2.07 bits per heavy atom. The number of hydrogen-bond acceptors (Lipinski definition) is 1. The molecular weight excluding hydrogens is 213 g/mol. The van der Waals surface area contributed by atoms with Crippen LogP contribution in [0.1, 0.15) is 38.8 Å². The summed E-state index contributed by atoms with van der Waals surface area (Å²) in [6.07, 6.45) is 0. The van der Waals surface area contributed by atoms with Gasteiger partial charge in [0.1, 0.15) is 11.9 Å². The second-order valence-electron chi connectivity index (χ2n) is 2.17. The highest BCUT2D eigenvalue weighted by Crippen LogP contribution is 2.21. The fourth-order valence-corrected chi connectivity index (χ4v) is 0.987. The van der Waals surface area contributed by atoms with Crippen LogP contribution in [0.15, 0.2) is 12.1 Å². The molecular formula is C12H17ClFN. The van der Waals surface area contributed by atoms with E-state index in [9.17, 15) is 4.39 Å². The van der Waals surface area contributed by atoms with Crippen LogP contribution in [0.3, 0.4) is 0 Å². The van der Waals surface area contributed by atoms with Crippen molar-refractivity contribution in [3.05, 3.63) is 34.1 Å². The fourth-order valence-electron chi connectivity index (χ4n) is 0.732. The van der Waals surface area contributed by atoms with E-state index in [1.807, 2.05) is 27.7 Å². The summed E-state index contributed by atoms with van der Waals surface area (Å²) >= 11 is 5.50. The summed E-state index contributed by atoms with van der Waals surface area (Å²) in [7, 11) is 0. The molecule has 0 heterocycles. The second kappa shape index (κ2) is 9.48. The lowest BCUT2D eigenvalue weighted by Gasteiger charge is -1.98. The Labute approximate surface area is 96.5 Å². The van der Waals surface area contributed by atoms with Crippen molar-refractivity contribution >= 4 is 11.6 Å². The minimum absolute atomic E-state index is 0.0903. The van der Waals surface area contributed by atoms with E-state index in [1.165, 1.54) is 12.1 Å². The van der Waals surface area contributed by atoms with Crippen LogP contribution >= 0.6 is 11.6 Å². The summed E-state index contributed by atoms with van der Waals surface area (Å²) in [4.78, 5) is 0. The lowest BCUT2D eigenvalue weighted by molar-refractivity contribution is 0.618. The number of nitriles is 1. The first-order valence-electron chi connectivity index (χ1n) is 5.01. The van der Waals surface area contributed by atoms with Crippen molar-refractivity contribution in [2.45, 2.75) is 34.6 Å². The normalized spacial score (nSPS) is 7.60. The Bertz CT molecular complexity index is 329. The van der Waals surface area contributed by atoms with Gasteiger partial charge < -0.3 is 0 Å². The Morgan fingerprint density at radius 1 is 1.20 bits per heavy atom. The van der Waals surface area contributed by atoms with Gasteiger partial charge in [0.25, 0.3) is 0 Å². The largest absolute Gasteiger partial charge is 0.205 e. The van der Waals surface area contributed by atoms with Gasteiger partial charge in [-0.15, -0.1) is 0 Å². The molecule has 0 saturated carbocycles. The Hall–Kier alpha value is -1.07. The lowest BCUT2D eigenvalue weighted by atomic mass is 10.1. The Morgan fingerprint density at radius 2 is 1.67 bits per heavy atom. The summed E-state index contributed by atoms with van der Waals surface area (Å²) < 4.78 is 12.9. The van der Waals surface area contributed by atoms with E-state index >= 15 is 0 Å². The van der Waals surface area contributed by atoms with E-state index < -0.39 is 5.82 Å². The number of aryl methyl sites for hydroxylation is 1. The predicted molar refractivity (Wildman–Crippen MR) is 63.6 cm³/mol. The van der Waals surface area contributed by atoms with Crippen LogP contribution in [0.4, 0.5) is 4.39 Å². The molecule has 0 amide bonds. The molecule has 84 valence electrons. The molecule has 0 unspecified atom stereocenters. The molecule has 0 atom stereocenters. The monoisotopic (exact) mass is 229 g/mol. The molecule has 0 spiro atoms. The SMILES string of the molecule is CC.CC.Cc1ccc(C#N)c(Cl)c1F. The van der Waals surface area contributed by atoms with Gasteiger partial charge in [-0.25, -0.2) is 4.39 Å². The van der Waals surface area contributed by atoms with Gasteiger partial charge in [0, 0.05) is 0 Å². The van der Waals surface area contributed by atoms with Gasteiger partial charge >= 0.3 is 0 Å². The highest BCUT2D eigenvalue weighted by atomic mass is 35.5. The van der Waals surface area contributed by atoms with E-state index in [4.69, 9.17) is 16.9 Å². The molecule has 0 aromatic heterocycles. The van der Waals surface area contributed by atoms with Gasteiger partial charge in [-0.3, -0.25) is 0 Å². The van der Waals surface area contributed by atoms with Gasteiger partial charge in [-0.1, -0.05) is 45.4 Å². The standard InChI is InChI=1S/C8H5ClFN.2C2H6/c1-5-2-3-6(4-11)7(9)8(5)10;2*1-2/h2-3H,1H3;2*1-2H3. The molecule has 0 fully saturated rings. The van der Waals surface area contributed by atoms with Crippen LogP contribution in [0.25, 0.3) is 0 Å². The average molecular weight is 230 g/mol. The van der Waals surface area contributed by atoms with Gasteiger partial charge in [0.15, 0.2) is 0 Å². The molecule has 0 aliphatic carbocycles. The zero-order valence-corrected chi connectivity index (χ0v) is 10.6. The maximum Gasteiger partial charge on any atom is 0.146 e. The molecule has 0 aliphatic heterocycles. The molecule has 15 heavy (non-hydrogen) atoms. The molecule has 0 aliphatic rings. The van der Waals surface area contributed by atoms with Crippen molar-refractivity contribution < 1.29 is 4.39 Å². The molecule has 3 heteroatoms. The van der Waals surface area contributed by atoms with Crippen LogP contribution in [0.5, 0.6) is 0 Å². The third-order valence-corrected chi connectivity index (χ3v) is 1.77. The van der Waals surface area contributed by atoms with E-state index in [2.05, 4.69) is 0 Å². The molecule has 0 N–H and O–H groups in total. The lowest BCUT2D eigenvalue weighted by Crippen LogP contribution is -1.86. The zero-order valence-electron chi connectivity index (χ0n) is 9.86. The van der Waals surface area contributed by atoms with E-state index in [0.717, 1.165) is 0 Å². The smallest absolute Gasteiger partial charge is 0.146 e. The maximum atomic E-state index is 12.9. The van der Waals surface area contributed by atoms with Crippen LogP contribution in [-0.2, 0) is 0 Å². The molecule has 0 bridgehead atoms. The molecule has 1 aromatic rings. The summed E-state index contributed by atoms with van der Waals surface area (Å²) in [5, 5.41) is 8.34. The Balaban J connectivity index is 0. The quantitative estimate of drug-likeness (QED) is 0.632. The van der Waals surface area contributed by atoms with Crippen LogP contribution < -0.4 is 0 Å². The molecule has 1 nitrogen and oxygen atoms in total. The van der Waals surface area contributed by atoms with Gasteiger partial charge in [0.05, 0.1) is 10.6 Å². The maximum absolute atomic E-state index is 12.9.